The first-order valence-corrected chi connectivity index (χ1v) is 11.0. The fourth-order valence-corrected chi connectivity index (χ4v) is 4.30. The Morgan fingerprint density at radius 2 is 2.03 bits per heavy atom. The first-order chi connectivity index (χ1) is 15.8. The van der Waals surface area contributed by atoms with Gasteiger partial charge in [0.05, 0.1) is 18.5 Å². The molecule has 3 aromatic rings. The highest BCUT2D eigenvalue weighted by molar-refractivity contribution is 6.28. The van der Waals surface area contributed by atoms with Gasteiger partial charge in [0, 0.05) is 46.4 Å². The number of nitrogens with zero attached hydrogens (tertiary/aromatic N) is 2. The zero-order valence-corrected chi connectivity index (χ0v) is 19.5. The van der Waals surface area contributed by atoms with Gasteiger partial charge in [-0.25, -0.2) is 0 Å². The Hall–Kier alpha value is -3.87. The zero-order chi connectivity index (χ0) is 23.7. The lowest BCUT2D eigenvalue weighted by atomic mass is 9.97. The van der Waals surface area contributed by atoms with Gasteiger partial charge in [-0.2, -0.15) is 0 Å². The SMILES string of the molecule is C=C(C[C@@H]1N=C(c2cccc3[nH]ccc23)c2cc(OC)ccc2N(C(C)=N)C1=N)NC(C)C. The number of aromatic amines is 1. The van der Waals surface area contributed by atoms with E-state index in [1.807, 2.05) is 48.7 Å². The molecule has 4 N–H and O–H groups in total. The largest absolute Gasteiger partial charge is 0.497 e. The minimum absolute atomic E-state index is 0.233. The van der Waals surface area contributed by atoms with Gasteiger partial charge in [0.25, 0.3) is 0 Å². The third kappa shape index (κ3) is 4.26. The molecule has 0 aliphatic carbocycles. The van der Waals surface area contributed by atoms with Crippen LogP contribution in [0.5, 0.6) is 5.75 Å². The molecule has 7 nitrogen and oxygen atoms in total. The Kier molecular flexibility index (Phi) is 6.05. The first kappa shape index (κ1) is 22.3. The van der Waals surface area contributed by atoms with Crippen molar-refractivity contribution in [3.8, 4) is 5.75 Å². The van der Waals surface area contributed by atoms with Crippen LogP contribution in [0, 0.1) is 10.8 Å². The van der Waals surface area contributed by atoms with Gasteiger partial charge in [0.1, 0.15) is 23.5 Å². The summed E-state index contributed by atoms with van der Waals surface area (Å²) in [7, 11) is 1.63. The van der Waals surface area contributed by atoms with Crippen LogP contribution in [-0.4, -0.2) is 41.6 Å². The monoisotopic (exact) mass is 442 g/mol. The van der Waals surface area contributed by atoms with Crippen LogP contribution in [0.25, 0.3) is 10.9 Å². The maximum atomic E-state index is 9.04. The van der Waals surface area contributed by atoms with Gasteiger partial charge < -0.3 is 15.0 Å². The van der Waals surface area contributed by atoms with E-state index >= 15 is 0 Å². The van der Waals surface area contributed by atoms with Crippen molar-refractivity contribution in [3.63, 3.8) is 0 Å². The van der Waals surface area contributed by atoms with E-state index in [1.54, 1.807) is 18.9 Å². The fraction of sp³-hybridized carbons (Fsp3) is 0.269. The lowest BCUT2D eigenvalue weighted by Gasteiger charge is -2.27. The standard InChI is InChI=1S/C26H30N6O/c1-15(2)30-16(3)13-23-26(28)32(17(4)27)24-10-9-18(33-5)14-21(24)25(31-23)20-7-6-8-22-19(20)11-12-29-22/h6-12,14-15,23,27-30H,3,13H2,1-2,4-5H3/t23-/m0/s1. The van der Waals surface area contributed by atoms with Crippen molar-refractivity contribution in [2.75, 3.05) is 12.0 Å². The molecule has 0 spiro atoms. The Balaban J connectivity index is 1.96. The summed E-state index contributed by atoms with van der Waals surface area (Å²) in [5.41, 5.74) is 5.13. The van der Waals surface area contributed by atoms with Crippen LogP contribution in [0.4, 0.5) is 5.69 Å². The molecule has 0 fully saturated rings. The second kappa shape index (κ2) is 8.94. The molecule has 0 bridgehead atoms. The number of aromatic nitrogens is 1. The van der Waals surface area contributed by atoms with Crippen LogP contribution in [0.15, 0.2) is 65.9 Å². The topological polar surface area (TPSA) is 100 Å². The molecule has 0 saturated carbocycles. The number of rotatable bonds is 6. The van der Waals surface area contributed by atoms with Gasteiger partial charge in [0.2, 0.25) is 0 Å². The van der Waals surface area contributed by atoms with Gasteiger partial charge in [-0.05, 0) is 51.1 Å². The number of nitrogens with one attached hydrogen (secondary N) is 4. The van der Waals surface area contributed by atoms with E-state index in [1.165, 1.54) is 0 Å². The minimum Gasteiger partial charge on any atom is -0.497 e. The third-order valence-corrected chi connectivity index (χ3v) is 5.66. The minimum atomic E-state index is -0.508. The number of benzene rings is 2. The molecule has 0 amide bonds. The highest BCUT2D eigenvalue weighted by Gasteiger charge is 2.32. The normalized spacial score (nSPS) is 15.8. The molecule has 0 saturated heterocycles. The molecule has 4 rings (SSSR count). The summed E-state index contributed by atoms with van der Waals surface area (Å²) in [6.07, 6.45) is 2.37. The molecule has 170 valence electrons. The fourth-order valence-electron chi connectivity index (χ4n) is 4.30. The van der Waals surface area contributed by atoms with Gasteiger partial charge in [-0.1, -0.05) is 18.7 Å². The van der Waals surface area contributed by atoms with Crippen molar-refractivity contribution in [1.29, 1.82) is 10.8 Å². The number of hydrogen-bond donors (Lipinski definition) is 4. The highest BCUT2D eigenvalue weighted by Crippen LogP contribution is 2.34. The molecule has 1 aliphatic rings. The quantitative estimate of drug-likeness (QED) is 0.316. The van der Waals surface area contributed by atoms with E-state index in [4.69, 9.17) is 20.5 Å². The van der Waals surface area contributed by atoms with Crippen LogP contribution in [0.2, 0.25) is 0 Å². The Morgan fingerprint density at radius 1 is 1.24 bits per heavy atom. The lowest BCUT2D eigenvalue weighted by Crippen LogP contribution is -2.41. The first-order valence-electron chi connectivity index (χ1n) is 11.0. The number of hydrogen-bond acceptors (Lipinski definition) is 5. The summed E-state index contributed by atoms with van der Waals surface area (Å²) in [5, 5.41) is 21.9. The number of amidine groups is 2. The molecule has 1 atom stereocenters. The van der Waals surface area contributed by atoms with E-state index < -0.39 is 6.04 Å². The van der Waals surface area contributed by atoms with Crippen molar-refractivity contribution < 1.29 is 4.74 Å². The summed E-state index contributed by atoms with van der Waals surface area (Å²) < 4.78 is 5.52. The van der Waals surface area contributed by atoms with Gasteiger partial charge >= 0.3 is 0 Å². The number of ether oxygens (including phenoxy) is 1. The van der Waals surface area contributed by atoms with Crippen molar-refractivity contribution in [2.45, 2.75) is 39.3 Å². The molecule has 0 radical (unpaired) electrons. The van der Waals surface area contributed by atoms with Crippen LogP contribution < -0.4 is 15.0 Å². The Labute approximate surface area is 194 Å². The lowest BCUT2D eigenvalue weighted by molar-refractivity contribution is 0.415. The number of methoxy groups -OCH3 is 1. The van der Waals surface area contributed by atoms with Crippen LogP contribution in [-0.2, 0) is 0 Å². The number of H-pyrrole nitrogens is 1. The number of benzodiazepines with no additional fused rings is 1. The second-order valence-corrected chi connectivity index (χ2v) is 8.53. The second-order valence-electron chi connectivity index (χ2n) is 8.53. The average Bonchev–Trinajstić information content (AvgIpc) is 3.21. The molecular weight excluding hydrogens is 412 g/mol. The molecule has 1 aliphatic heterocycles. The molecule has 1 aromatic heterocycles. The number of anilines is 1. The molecule has 7 heteroatoms. The Bertz CT molecular complexity index is 1270. The summed E-state index contributed by atoms with van der Waals surface area (Å²) in [5.74, 6) is 1.20. The van der Waals surface area contributed by atoms with E-state index in [0.29, 0.717) is 12.2 Å². The number of aliphatic imine (C=N–C) groups is 1. The van der Waals surface area contributed by atoms with E-state index in [2.05, 4.69) is 30.7 Å². The predicted octanol–water partition coefficient (Wildman–Crippen LogP) is 5.08. The molecule has 2 heterocycles. The van der Waals surface area contributed by atoms with E-state index in [9.17, 15) is 0 Å². The van der Waals surface area contributed by atoms with Crippen LogP contribution in [0.1, 0.15) is 38.3 Å². The Morgan fingerprint density at radius 3 is 2.73 bits per heavy atom. The van der Waals surface area contributed by atoms with Crippen LogP contribution >= 0.6 is 0 Å². The zero-order valence-electron chi connectivity index (χ0n) is 19.5. The van der Waals surface area contributed by atoms with E-state index in [0.717, 1.165) is 39.1 Å². The molecule has 0 unspecified atom stereocenters. The van der Waals surface area contributed by atoms with Gasteiger partial charge in [-0.15, -0.1) is 0 Å². The maximum absolute atomic E-state index is 9.04. The van der Waals surface area contributed by atoms with Gasteiger partial charge in [0.15, 0.2) is 0 Å². The van der Waals surface area contributed by atoms with E-state index in [-0.39, 0.29) is 17.7 Å². The summed E-state index contributed by atoms with van der Waals surface area (Å²) in [6.45, 7) is 9.97. The highest BCUT2D eigenvalue weighted by atomic mass is 16.5. The summed E-state index contributed by atoms with van der Waals surface area (Å²) in [6, 6.07) is 13.5. The van der Waals surface area contributed by atoms with Gasteiger partial charge in [-0.3, -0.25) is 20.7 Å². The molecule has 33 heavy (non-hydrogen) atoms. The van der Waals surface area contributed by atoms with Crippen LogP contribution in [0.3, 0.4) is 0 Å². The number of fused-ring (bicyclic) bond motifs is 2. The maximum Gasteiger partial charge on any atom is 0.132 e. The molecule has 2 aromatic carbocycles. The smallest absolute Gasteiger partial charge is 0.132 e. The van der Waals surface area contributed by atoms with Crippen molar-refractivity contribution in [3.05, 3.63) is 72.1 Å². The van der Waals surface area contributed by atoms with Crippen molar-refractivity contribution in [1.82, 2.24) is 10.3 Å². The predicted molar refractivity (Wildman–Crippen MR) is 136 cm³/mol. The van der Waals surface area contributed by atoms with Crippen molar-refractivity contribution in [2.24, 2.45) is 4.99 Å². The summed E-state index contributed by atoms with van der Waals surface area (Å²) in [4.78, 5) is 10.1. The molecular formula is C26H30N6O. The average molecular weight is 443 g/mol. The van der Waals surface area contributed by atoms with Crippen molar-refractivity contribution >= 4 is 34.0 Å². The third-order valence-electron chi connectivity index (χ3n) is 5.66. The summed E-state index contributed by atoms with van der Waals surface area (Å²) >= 11 is 0.